The minimum absolute atomic E-state index is 0.0815. The van der Waals surface area contributed by atoms with Crippen molar-refractivity contribution in [2.75, 3.05) is 26.4 Å². The van der Waals surface area contributed by atoms with Gasteiger partial charge in [0.05, 0.1) is 37.3 Å². The second-order valence-electron chi connectivity index (χ2n) is 10.5. The number of ether oxygens (including phenoxy) is 5. The fourth-order valence-electron chi connectivity index (χ4n) is 6.46. The van der Waals surface area contributed by atoms with Crippen molar-refractivity contribution in [2.24, 2.45) is 10.8 Å². The Hall–Kier alpha value is -2.75. The van der Waals surface area contributed by atoms with Crippen LogP contribution in [0, 0.1) is 10.8 Å². The molecule has 194 valence electrons. The summed E-state index contributed by atoms with van der Waals surface area (Å²) < 4.78 is 29.6. The van der Waals surface area contributed by atoms with Crippen LogP contribution in [-0.4, -0.2) is 73.4 Å². The highest BCUT2D eigenvalue weighted by Gasteiger charge is 2.83. The van der Waals surface area contributed by atoms with Crippen molar-refractivity contribution in [2.45, 2.75) is 63.4 Å². The van der Waals surface area contributed by atoms with Gasteiger partial charge >= 0.3 is 17.9 Å². The van der Waals surface area contributed by atoms with Crippen LogP contribution >= 0.6 is 0 Å². The fourth-order valence-corrected chi connectivity index (χ4v) is 6.46. The van der Waals surface area contributed by atoms with E-state index in [1.807, 2.05) is 0 Å². The van der Waals surface area contributed by atoms with Crippen molar-refractivity contribution in [3.05, 3.63) is 47.6 Å². The number of allylic oxidation sites excluding steroid dienone is 3. The third-order valence-electron chi connectivity index (χ3n) is 8.70. The Bertz CT molecular complexity index is 1070. The molecule has 0 aromatic heterocycles. The molecule has 9 nitrogen and oxygen atoms in total. The fraction of sp³-hybridized carbons (Fsp3) is 0.593. The minimum Gasteiger partial charge on any atom is -0.465 e. The Morgan fingerprint density at radius 2 is 1.81 bits per heavy atom. The average Bonchev–Trinajstić information content (AvgIpc) is 3.63. The molecule has 2 saturated heterocycles. The van der Waals surface area contributed by atoms with Crippen LogP contribution in [0.4, 0.5) is 0 Å². The first kappa shape index (κ1) is 24.9. The van der Waals surface area contributed by atoms with E-state index in [9.17, 15) is 19.5 Å². The third kappa shape index (κ3) is 3.93. The molecule has 3 aliphatic heterocycles. The first-order valence-electron chi connectivity index (χ1n) is 12.4. The number of hydrogen-bond acceptors (Lipinski definition) is 9. The number of cyclic esters (lactones) is 2. The van der Waals surface area contributed by atoms with Crippen LogP contribution in [-0.2, 0) is 38.1 Å². The molecule has 6 unspecified atom stereocenters. The maximum atomic E-state index is 12.8. The van der Waals surface area contributed by atoms with Gasteiger partial charge in [0.1, 0.15) is 24.9 Å². The molecule has 2 spiro atoms. The van der Waals surface area contributed by atoms with Crippen molar-refractivity contribution in [3.63, 3.8) is 0 Å². The first-order chi connectivity index (χ1) is 17.2. The Morgan fingerprint density at radius 1 is 1.06 bits per heavy atom. The second-order valence-corrected chi connectivity index (χ2v) is 10.5. The van der Waals surface area contributed by atoms with Crippen LogP contribution in [0.15, 0.2) is 47.6 Å². The zero-order chi connectivity index (χ0) is 25.6. The molecule has 0 aromatic carbocycles. The lowest BCUT2D eigenvalue weighted by Gasteiger charge is -2.58. The van der Waals surface area contributed by atoms with Gasteiger partial charge in [-0.2, -0.15) is 0 Å². The standard InChI is InChI=1S/C27H32O9/c1-17-9-10-26-15-33-23(30)8-7-18(13-28)14-32-22(29)5-3-4-6-24(31)36-19-12-21(35-20(26)11-17)27(16-34-27)25(19,26)2/h3-7,11,19-21,28H,8-10,12-16H2,1-2H3. The van der Waals surface area contributed by atoms with Gasteiger partial charge in [-0.25, -0.2) is 9.59 Å². The monoisotopic (exact) mass is 500 g/mol. The van der Waals surface area contributed by atoms with Crippen molar-refractivity contribution in [1.29, 1.82) is 0 Å². The number of aliphatic hydroxyl groups is 1. The molecule has 5 aliphatic rings. The number of rotatable bonds is 1. The second kappa shape index (κ2) is 9.28. The van der Waals surface area contributed by atoms with Crippen LogP contribution in [0.5, 0.6) is 0 Å². The van der Waals surface area contributed by atoms with Gasteiger partial charge in [0.25, 0.3) is 0 Å². The highest BCUT2D eigenvalue weighted by Crippen LogP contribution is 2.72. The molecule has 1 saturated carbocycles. The lowest BCUT2D eigenvalue weighted by molar-refractivity contribution is -0.232. The largest absolute Gasteiger partial charge is 0.465 e. The van der Waals surface area contributed by atoms with E-state index < -0.39 is 40.4 Å². The van der Waals surface area contributed by atoms with E-state index in [1.54, 1.807) is 0 Å². The molecule has 2 bridgehead atoms. The highest BCUT2D eigenvalue weighted by atomic mass is 16.6. The summed E-state index contributed by atoms with van der Waals surface area (Å²) in [5.41, 5.74) is -0.298. The summed E-state index contributed by atoms with van der Waals surface area (Å²) in [5, 5.41) is 9.58. The highest BCUT2D eigenvalue weighted by molar-refractivity contribution is 5.84. The molecular weight excluding hydrogens is 468 g/mol. The molecule has 0 radical (unpaired) electrons. The van der Waals surface area contributed by atoms with E-state index in [-0.39, 0.29) is 38.4 Å². The van der Waals surface area contributed by atoms with Gasteiger partial charge < -0.3 is 28.8 Å². The summed E-state index contributed by atoms with van der Waals surface area (Å²) in [6, 6.07) is 0. The van der Waals surface area contributed by atoms with Gasteiger partial charge in [-0.3, -0.25) is 4.79 Å². The lowest BCUT2D eigenvalue weighted by atomic mass is 9.51. The molecular formula is C27H32O9. The average molecular weight is 501 g/mol. The van der Waals surface area contributed by atoms with Gasteiger partial charge in [-0.05, 0) is 25.3 Å². The number of hydrogen-bond donors (Lipinski definition) is 1. The zero-order valence-electron chi connectivity index (χ0n) is 20.6. The quantitative estimate of drug-likeness (QED) is 0.250. The van der Waals surface area contributed by atoms with Gasteiger partial charge in [0.15, 0.2) is 0 Å². The molecule has 3 fully saturated rings. The van der Waals surface area contributed by atoms with Crippen LogP contribution in [0.25, 0.3) is 0 Å². The SMILES string of the molecule is CC1=CC2OC3CC4OC(=O)C=CC=CC(=O)OCC(CO)=CCC(=O)OCC2(CC1)C4(C)C31CO1. The van der Waals surface area contributed by atoms with E-state index in [4.69, 9.17) is 23.7 Å². The summed E-state index contributed by atoms with van der Waals surface area (Å²) in [6.07, 6.45) is 9.71. The van der Waals surface area contributed by atoms with Crippen LogP contribution in [0.3, 0.4) is 0 Å². The number of carbonyl (C=O) groups is 3. The smallest absolute Gasteiger partial charge is 0.331 e. The molecule has 36 heavy (non-hydrogen) atoms. The van der Waals surface area contributed by atoms with Crippen molar-refractivity contribution in [1.82, 2.24) is 0 Å². The summed E-state index contributed by atoms with van der Waals surface area (Å²) in [4.78, 5) is 37.5. The molecule has 1 N–H and O–H groups in total. The van der Waals surface area contributed by atoms with E-state index >= 15 is 0 Å². The van der Waals surface area contributed by atoms with Crippen molar-refractivity contribution >= 4 is 17.9 Å². The van der Waals surface area contributed by atoms with E-state index in [0.29, 0.717) is 25.0 Å². The van der Waals surface area contributed by atoms with Crippen LogP contribution in [0.2, 0.25) is 0 Å². The van der Waals surface area contributed by atoms with Crippen molar-refractivity contribution in [3.8, 4) is 0 Å². The van der Waals surface area contributed by atoms with Crippen LogP contribution in [0.1, 0.15) is 39.5 Å². The summed E-state index contributed by atoms with van der Waals surface area (Å²) >= 11 is 0. The van der Waals surface area contributed by atoms with Gasteiger partial charge in [-0.1, -0.05) is 36.8 Å². The third-order valence-corrected chi connectivity index (χ3v) is 8.70. The molecule has 2 aliphatic carbocycles. The molecule has 0 aromatic rings. The Balaban J connectivity index is 1.52. The number of aliphatic hydroxyl groups excluding tert-OH is 1. The van der Waals surface area contributed by atoms with Gasteiger partial charge in [-0.15, -0.1) is 0 Å². The predicted octanol–water partition coefficient (Wildman–Crippen LogP) is 2.09. The molecule has 0 amide bonds. The number of epoxide rings is 1. The van der Waals surface area contributed by atoms with Gasteiger partial charge in [0.2, 0.25) is 0 Å². The predicted molar refractivity (Wildman–Crippen MR) is 125 cm³/mol. The first-order valence-corrected chi connectivity index (χ1v) is 12.4. The summed E-state index contributed by atoms with van der Waals surface area (Å²) in [5.74, 6) is -1.66. The number of esters is 3. The maximum absolute atomic E-state index is 12.8. The minimum atomic E-state index is -0.648. The Labute approximate surface area is 209 Å². The number of carbonyl (C=O) groups excluding carboxylic acids is 3. The molecule has 3 heterocycles. The lowest BCUT2D eigenvalue weighted by Crippen LogP contribution is -2.66. The molecule has 5 rings (SSSR count). The zero-order valence-corrected chi connectivity index (χ0v) is 20.6. The van der Waals surface area contributed by atoms with Crippen LogP contribution < -0.4 is 0 Å². The maximum Gasteiger partial charge on any atom is 0.331 e. The van der Waals surface area contributed by atoms with Crippen molar-refractivity contribution < 1.29 is 43.2 Å². The van der Waals surface area contributed by atoms with E-state index in [2.05, 4.69) is 19.9 Å². The normalized spacial score (nSPS) is 40.8. The van der Waals surface area contributed by atoms with E-state index in [0.717, 1.165) is 12.5 Å². The Morgan fingerprint density at radius 3 is 2.53 bits per heavy atom. The molecule has 6 atom stereocenters. The Kier molecular flexibility index (Phi) is 6.43. The topological polar surface area (TPSA) is 121 Å². The van der Waals surface area contributed by atoms with E-state index in [1.165, 1.54) is 29.9 Å². The summed E-state index contributed by atoms with van der Waals surface area (Å²) in [6.45, 7) is 4.20. The molecule has 9 heteroatoms. The van der Waals surface area contributed by atoms with Gasteiger partial charge in [0, 0.05) is 24.0 Å². The summed E-state index contributed by atoms with van der Waals surface area (Å²) in [7, 11) is 0.